The summed E-state index contributed by atoms with van der Waals surface area (Å²) in [6.07, 6.45) is 2.91. The Kier molecular flexibility index (Phi) is 4.55. The number of benzene rings is 1. The maximum atomic E-state index is 14.4. The largest absolute Gasteiger partial charge is 0.503 e. The van der Waals surface area contributed by atoms with E-state index in [1.54, 1.807) is 32.9 Å². The highest BCUT2D eigenvalue weighted by Crippen LogP contribution is 2.43. The number of aliphatic hydroxyl groups excluding tert-OH is 1. The topological polar surface area (TPSA) is 70.5 Å². The van der Waals surface area contributed by atoms with Crippen LogP contribution in [0.5, 0.6) is 0 Å². The molecule has 1 atom stereocenters. The Morgan fingerprint density at radius 3 is 2.37 bits per heavy atom. The molecule has 1 aliphatic heterocycles. The minimum Gasteiger partial charge on any atom is -0.503 e. The van der Waals surface area contributed by atoms with Crippen molar-refractivity contribution < 1.29 is 23.5 Å². The Labute approximate surface area is 155 Å². The standard InChI is InChI=1S/C20H18F2N2O3/c1-20(2,3)18(26)15-16(11-6-8-23-9-7-11)24(19(27)17(15)25)14-10-12(21)4-5-13(14)22/h4-10,16,25H,1-3H3. The molecule has 0 spiro atoms. The van der Waals surface area contributed by atoms with Crippen LogP contribution in [-0.4, -0.2) is 21.8 Å². The van der Waals surface area contributed by atoms with Crippen molar-refractivity contribution >= 4 is 17.4 Å². The molecular weight excluding hydrogens is 354 g/mol. The summed E-state index contributed by atoms with van der Waals surface area (Å²) in [6.45, 7) is 4.94. The number of Topliss-reactive ketones (excluding diaryl/α,β-unsaturated/α-hetero) is 1. The molecular formula is C20H18F2N2O3. The van der Waals surface area contributed by atoms with E-state index in [-0.39, 0.29) is 11.3 Å². The number of anilines is 1. The van der Waals surface area contributed by atoms with Crippen LogP contribution in [0.25, 0.3) is 0 Å². The smallest absolute Gasteiger partial charge is 0.294 e. The number of nitrogens with zero attached hydrogens (tertiary/aromatic N) is 2. The van der Waals surface area contributed by atoms with Crippen molar-refractivity contribution in [2.45, 2.75) is 26.8 Å². The maximum absolute atomic E-state index is 14.4. The molecule has 0 aliphatic carbocycles. The van der Waals surface area contributed by atoms with Crippen molar-refractivity contribution in [3.63, 3.8) is 0 Å². The van der Waals surface area contributed by atoms with Crippen LogP contribution in [0, 0.1) is 17.0 Å². The second kappa shape index (κ2) is 6.57. The molecule has 3 rings (SSSR count). The third kappa shape index (κ3) is 3.20. The summed E-state index contributed by atoms with van der Waals surface area (Å²) in [7, 11) is 0. The normalized spacial score (nSPS) is 17.6. The number of amides is 1. The van der Waals surface area contributed by atoms with Crippen LogP contribution in [0.3, 0.4) is 0 Å². The zero-order valence-electron chi connectivity index (χ0n) is 15.0. The van der Waals surface area contributed by atoms with E-state index in [9.17, 15) is 23.5 Å². The van der Waals surface area contributed by atoms with Crippen LogP contribution in [0.1, 0.15) is 32.4 Å². The van der Waals surface area contributed by atoms with E-state index in [4.69, 9.17) is 0 Å². The molecule has 7 heteroatoms. The number of rotatable bonds is 3. The second-order valence-electron chi connectivity index (χ2n) is 7.30. The SMILES string of the molecule is CC(C)(C)C(=O)C1=C(O)C(=O)N(c2cc(F)ccc2F)C1c1ccncc1. The molecule has 140 valence electrons. The van der Waals surface area contributed by atoms with Gasteiger partial charge in [0.2, 0.25) is 0 Å². The predicted molar refractivity (Wildman–Crippen MR) is 94.9 cm³/mol. The van der Waals surface area contributed by atoms with E-state index in [0.29, 0.717) is 5.56 Å². The van der Waals surface area contributed by atoms with Crippen molar-refractivity contribution in [2.24, 2.45) is 5.41 Å². The zero-order valence-corrected chi connectivity index (χ0v) is 15.0. The third-order valence-corrected chi connectivity index (χ3v) is 4.32. The first-order valence-electron chi connectivity index (χ1n) is 8.29. The molecule has 1 aromatic heterocycles. The maximum Gasteiger partial charge on any atom is 0.294 e. The van der Waals surface area contributed by atoms with Gasteiger partial charge in [-0.3, -0.25) is 19.5 Å². The summed E-state index contributed by atoms with van der Waals surface area (Å²) in [5.41, 5.74) is -0.961. The Morgan fingerprint density at radius 1 is 1.15 bits per heavy atom. The lowest BCUT2D eigenvalue weighted by atomic mass is 9.82. The molecule has 0 saturated heterocycles. The van der Waals surface area contributed by atoms with Gasteiger partial charge in [-0.25, -0.2) is 8.78 Å². The van der Waals surface area contributed by atoms with Gasteiger partial charge in [0, 0.05) is 23.9 Å². The lowest BCUT2D eigenvalue weighted by Crippen LogP contribution is -2.33. The Hall–Kier alpha value is -3.09. The van der Waals surface area contributed by atoms with Gasteiger partial charge in [-0.2, -0.15) is 0 Å². The van der Waals surface area contributed by atoms with Gasteiger partial charge in [0.25, 0.3) is 5.91 Å². The van der Waals surface area contributed by atoms with Gasteiger partial charge < -0.3 is 5.11 Å². The molecule has 0 saturated carbocycles. The minimum atomic E-state index is -1.09. The lowest BCUT2D eigenvalue weighted by molar-refractivity contribution is -0.123. The number of carbonyl (C=O) groups excluding carboxylic acids is 2. The highest BCUT2D eigenvalue weighted by molar-refractivity contribution is 6.17. The number of aliphatic hydroxyl groups is 1. The van der Waals surface area contributed by atoms with Crippen LogP contribution in [0.2, 0.25) is 0 Å². The van der Waals surface area contributed by atoms with Crippen LogP contribution < -0.4 is 4.90 Å². The molecule has 27 heavy (non-hydrogen) atoms. The molecule has 5 nitrogen and oxygen atoms in total. The minimum absolute atomic E-state index is 0.151. The summed E-state index contributed by atoms with van der Waals surface area (Å²) in [5.74, 6) is -3.78. The van der Waals surface area contributed by atoms with E-state index < -0.39 is 40.5 Å². The number of halogens is 2. The molecule has 1 aromatic carbocycles. The number of ketones is 1. The third-order valence-electron chi connectivity index (χ3n) is 4.32. The fourth-order valence-electron chi connectivity index (χ4n) is 3.02. The first kappa shape index (κ1) is 18.7. The van der Waals surface area contributed by atoms with Gasteiger partial charge in [0.15, 0.2) is 11.5 Å². The zero-order chi connectivity index (χ0) is 19.9. The van der Waals surface area contributed by atoms with E-state index >= 15 is 0 Å². The summed E-state index contributed by atoms with van der Waals surface area (Å²) in [4.78, 5) is 30.5. The van der Waals surface area contributed by atoms with E-state index in [1.165, 1.54) is 12.4 Å². The van der Waals surface area contributed by atoms with Crippen molar-refractivity contribution in [1.82, 2.24) is 4.98 Å². The lowest BCUT2D eigenvalue weighted by Gasteiger charge is -2.29. The van der Waals surface area contributed by atoms with Gasteiger partial charge in [-0.1, -0.05) is 20.8 Å². The molecule has 1 aliphatic rings. The first-order chi connectivity index (χ1) is 12.6. The van der Waals surface area contributed by atoms with Gasteiger partial charge in [-0.05, 0) is 29.8 Å². The Bertz CT molecular complexity index is 949. The molecule has 2 aromatic rings. The molecule has 1 amide bonds. The van der Waals surface area contributed by atoms with Crippen molar-refractivity contribution in [3.05, 3.63) is 71.3 Å². The molecule has 0 bridgehead atoms. The monoisotopic (exact) mass is 372 g/mol. The van der Waals surface area contributed by atoms with Crippen LogP contribution in [0.15, 0.2) is 54.1 Å². The van der Waals surface area contributed by atoms with Gasteiger partial charge in [-0.15, -0.1) is 0 Å². The number of hydrogen-bond acceptors (Lipinski definition) is 4. The summed E-state index contributed by atoms with van der Waals surface area (Å²) in [5, 5.41) is 10.5. The Morgan fingerprint density at radius 2 is 1.78 bits per heavy atom. The average Bonchev–Trinajstić information content (AvgIpc) is 2.88. The molecule has 1 N–H and O–H groups in total. The van der Waals surface area contributed by atoms with E-state index in [0.717, 1.165) is 23.1 Å². The van der Waals surface area contributed by atoms with Crippen molar-refractivity contribution in [3.8, 4) is 0 Å². The first-order valence-corrected chi connectivity index (χ1v) is 8.29. The second-order valence-corrected chi connectivity index (χ2v) is 7.30. The summed E-state index contributed by atoms with van der Waals surface area (Å²) >= 11 is 0. The fraction of sp³-hybridized carbons (Fsp3) is 0.250. The van der Waals surface area contributed by atoms with Crippen molar-refractivity contribution in [1.29, 1.82) is 0 Å². The van der Waals surface area contributed by atoms with Gasteiger partial charge in [0.1, 0.15) is 11.6 Å². The highest BCUT2D eigenvalue weighted by Gasteiger charge is 2.47. The number of carbonyl (C=O) groups is 2. The fourth-order valence-corrected chi connectivity index (χ4v) is 3.02. The summed E-state index contributed by atoms with van der Waals surface area (Å²) < 4.78 is 28.2. The van der Waals surface area contributed by atoms with Crippen LogP contribution in [-0.2, 0) is 9.59 Å². The molecule has 0 radical (unpaired) electrons. The molecule has 2 heterocycles. The van der Waals surface area contributed by atoms with E-state index in [2.05, 4.69) is 4.98 Å². The molecule has 1 unspecified atom stereocenters. The van der Waals surface area contributed by atoms with Crippen molar-refractivity contribution in [2.75, 3.05) is 4.90 Å². The number of aromatic nitrogens is 1. The quantitative estimate of drug-likeness (QED) is 0.888. The number of hydrogen-bond donors (Lipinski definition) is 1. The average molecular weight is 372 g/mol. The number of pyridine rings is 1. The van der Waals surface area contributed by atoms with Crippen LogP contribution in [0.4, 0.5) is 14.5 Å². The highest BCUT2D eigenvalue weighted by atomic mass is 19.1. The van der Waals surface area contributed by atoms with Gasteiger partial charge >= 0.3 is 0 Å². The Balaban J connectivity index is 2.25. The predicted octanol–water partition coefficient (Wildman–Crippen LogP) is 3.88. The summed E-state index contributed by atoms with van der Waals surface area (Å²) in [6, 6.07) is 4.69. The van der Waals surface area contributed by atoms with Gasteiger partial charge in [0.05, 0.1) is 17.3 Å². The van der Waals surface area contributed by atoms with Crippen LogP contribution >= 0.6 is 0 Å². The van der Waals surface area contributed by atoms with E-state index in [1.807, 2.05) is 0 Å². The molecule has 0 fully saturated rings.